The SMILES string of the molecule is CCCCCCCCC=CCCCCCCCCCCCCCC(CCCCCCCCC)N(C)C. The van der Waals surface area contributed by atoms with Crippen molar-refractivity contribution in [1.29, 1.82) is 0 Å². The molecule has 1 unspecified atom stereocenters. The zero-order valence-corrected chi connectivity index (χ0v) is 26.0. The first-order valence-corrected chi connectivity index (χ1v) is 17.0. The predicted octanol–water partition coefficient (Wildman–Crippen LogP) is 12.4. The fraction of sp³-hybridized carbons (Fsp3) is 0.943. The quantitative estimate of drug-likeness (QED) is 0.0692. The summed E-state index contributed by atoms with van der Waals surface area (Å²) in [6.07, 6.45) is 44.8. The molecular formula is C35H71N. The van der Waals surface area contributed by atoms with Crippen molar-refractivity contribution < 1.29 is 0 Å². The van der Waals surface area contributed by atoms with E-state index >= 15 is 0 Å². The summed E-state index contributed by atoms with van der Waals surface area (Å²) < 4.78 is 0. The van der Waals surface area contributed by atoms with Gasteiger partial charge in [-0.05, 0) is 52.6 Å². The molecule has 0 saturated carbocycles. The zero-order chi connectivity index (χ0) is 26.4. The maximum Gasteiger partial charge on any atom is 0.00891 e. The first-order chi connectivity index (χ1) is 17.7. The number of hydrogen-bond donors (Lipinski definition) is 0. The molecule has 0 saturated heterocycles. The van der Waals surface area contributed by atoms with E-state index in [1.165, 1.54) is 180 Å². The lowest BCUT2D eigenvalue weighted by Gasteiger charge is -2.24. The van der Waals surface area contributed by atoms with Gasteiger partial charge in [0.2, 0.25) is 0 Å². The molecule has 1 atom stereocenters. The number of rotatable bonds is 30. The standard InChI is InChI=1S/C35H71N/c1-5-7-9-11-13-14-15-16-17-18-19-20-21-22-23-24-25-26-28-30-32-34-35(36(3)4)33-31-29-27-12-10-8-6-2/h16-17,35H,5-15,18-34H2,1-4H3. The topological polar surface area (TPSA) is 3.24 Å². The molecule has 0 aromatic heterocycles. The van der Waals surface area contributed by atoms with E-state index in [-0.39, 0.29) is 0 Å². The Hall–Kier alpha value is -0.300. The lowest BCUT2D eigenvalue weighted by Crippen LogP contribution is -2.27. The third-order valence-electron chi connectivity index (χ3n) is 8.17. The summed E-state index contributed by atoms with van der Waals surface area (Å²) in [7, 11) is 4.58. The molecule has 216 valence electrons. The van der Waals surface area contributed by atoms with Gasteiger partial charge in [0.05, 0.1) is 0 Å². The molecule has 0 bridgehead atoms. The lowest BCUT2D eigenvalue weighted by molar-refractivity contribution is 0.251. The third-order valence-corrected chi connectivity index (χ3v) is 8.17. The lowest BCUT2D eigenvalue weighted by atomic mass is 9.99. The van der Waals surface area contributed by atoms with E-state index in [4.69, 9.17) is 0 Å². The summed E-state index contributed by atoms with van der Waals surface area (Å²) in [6, 6.07) is 0.816. The predicted molar refractivity (Wildman–Crippen MR) is 167 cm³/mol. The average Bonchev–Trinajstić information content (AvgIpc) is 2.87. The molecule has 1 nitrogen and oxygen atoms in total. The van der Waals surface area contributed by atoms with Crippen LogP contribution in [-0.2, 0) is 0 Å². The molecular weight excluding hydrogens is 434 g/mol. The van der Waals surface area contributed by atoms with Crippen molar-refractivity contribution in [2.75, 3.05) is 14.1 Å². The van der Waals surface area contributed by atoms with Crippen LogP contribution in [0.3, 0.4) is 0 Å². The Labute approximate surface area is 230 Å². The highest BCUT2D eigenvalue weighted by molar-refractivity contribution is 4.81. The maximum atomic E-state index is 2.49. The summed E-state index contributed by atoms with van der Waals surface area (Å²) in [6.45, 7) is 4.60. The molecule has 0 spiro atoms. The Morgan fingerprint density at radius 2 is 0.667 bits per heavy atom. The smallest absolute Gasteiger partial charge is 0.00891 e. The highest BCUT2D eigenvalue weighted by atomic mass is 15.1. The van der Waals surface area contributed by atoms with Crippen LogP contribution >= 0.6 is 0 Å². The van der Waals surface area contributed by atoms with E-state index in [1.54, 1.807) is 0 Å². The normalized spacial score (nSPS) is 12.8. The van der Waals surface area contributed by atoms with Crippen molar-refractivity contribution >= 4 is 0 Å². The van der Waals surface area contributed by atoms with Gasteiger partial charge in [-0.3, -0.25) is 0 Å². The molecule has 0 aliphatic heterocycles. The minimum absolute atomic E-state index is 0.816. The molecule has 0 fully saturated rings. The van der Waals surface area contributed by atoms with Crippen molar-refractivity contribution in [1.82, 2.24) is 4.90 Å². The Kier molecular flexibility index (Phi) is 30.7. The first-order valence-electron chi connectivity index (χ1n) is 17.0. The van der Waals surface area contributed by atoms with Gasteiger partial charge in [-0.2, -0.15) is 0 Å². The van der Waals surface area contributed by atoms with E-state index < -0.39 is 0 Å². The molecule has 0 N–H and O–H groups in total. The van der Waals surface area contributed by atoms with Crippen LogP contribution in [0.25, 0.3) is 0 Å². The van der Waals surface area contributed by atoms with Crippen molar-refractivity contribution in [3.8, 4) is 0 Å². The third kappa shape index (κ3) is 28.3. The van der Waals surface area contributed by atoms with Gasteiger partial charge >= 0.3 is 0 Å². The molecule has 0 aromatic rings. The van der Waals surface area contributed by atoms with Gasteiger partial charge in [0.15, 0.2) is 0 Å². The van der Waals surface area contributed by atoms with Crippen LogP contribution in [0.4, 0.5) is 0 Å². The van der Waals surface area contributed by atoms with Crippen LogP contribution in [0.5, 0.6) is 0 Å². The van der Waals surface area contributed by atoms with E-state index in [1.807, 2.05) is 0 Å². The van der Waals surface area contributed by atoms with E-state index in [2.05, 4.69) is 45.0 Å². The summed E-state index contributed by atoms with van der Waals surface area (Å²) >= 11 is 0. The molecule has 0 aliphatic rings. The molecule has 1 heteroatoms. The Bertz CT molecular complexity index is 413. The van der Waals surface area contributed by atoms with Gasteiger partial charge in [0.25, 0.3) is 0 Å². The van der Waals surface area contributed by atoms with E-state index in [0.29, 0.717) is 0 Å². The molecule has 0 radical (unpaired) electrons. The zero-order valence-electron chi connectivity index (χ0n) is 26.0. The monoisotopic (exact) mass is 506 g/mol. The second-order valence-corrected chi connectivity index (χ2v) is 12.0. The highest BCUT2D eigenvalue weighted by Gasteiger charge is 2.10. The molecule has 0 aromatic carbocycles. The van der Waals surface area contributed by atoms with Crippen molar-refractivity contribution in [2.24, 2.45) is 0 Å². The second-order valence-electron chi connectivity index (χ2n) is 12.0. The van der Waals surface area contributed by atoms with Gasteiger partial charge in [-0.25, -0.2) is 0 Å². The van der Waals surface area contributed by atoms with Crippen LogP contribution in [-0.4, -0.2) is 25.0 Å². The van der Waals surface area contributed by atoms with Gasteiger partial charge in [0, 0.05) is 6.04 Å². The van der Waals surface area contributed by atoms with Crippen molar-refractivity contribution in [3.63, 3.8) is 0 Å². The van der Waals surface area contributed by atoms with E-state index in [9.17, 15) is 0 Å². The summed E-state index contributed by atoms with van der Waals surface area (Å²) in [5.41, 5.74) is 0. The number of allylic oxidation sites excluding steroid dienone is 2. The molecule has 36 heavy (non-hydrogen) atoms. The number of nitrogens with zero attached hydrogens (tertiary/aromatic N) is 1. The average molecular weight is 506 g/mol. The van der Waals surface area contributed by atoms with Gasteiger partial charge < -0.3 is 4.90 Å². The van der Waals surface area contributed by atoms with Crippen LogP contribution < -0.4 is 0 Å². The van der Waals surface area contributed by atoms with Gasteiger partial charge in [-0.15, -0.1) is 0 Å². The van der Waals surface area contributed by atoms with Crippen LogP contribution in [0.2, 0.25) is 0 Å². The number of unbranched alkanes of at least 4 members (excludes halogenated alkanes) is 23. The van der Waals surface area contributed by atoms with Crippen molar-refractivity contribution in [3.05, 3.63) is 12.2 Å². The summed E-state index contributed by atoms with van der Waals surface area (Å²) in [5.74, 6) is 0. The largest absolute Gasteiger partial charge is 0.306 e. The fourth-order valence-electron chi connectivity index (χ4n) is 5.51. The molecule has 0 heterocycles. The maximum absolute atomic E-state index is 2.49. The second kappa shape index (κ2) is 30.9. The molecule has 0 rings (SSSR count). The minimum atomic E-state index is 0.816. The fourth-order valence-corrected chi connectivity index (χ4v) is 5.51. The number of hydrogen-bond acceptors (Lipinski definition) is 1. The summed E-state index contributed by atoms with van der Waals surface area (Å²) in [4.78, 5) is 2.49. The molecule has 0 aliphatic carbocycles. The Morgan fingerprint density at radius 3 is 0.972 bits per heavy atom. The summed E-state index contributed by atoms with van der Waals surface area (Å²) in [5, 5.41) is 0. The van der Waals surface area contributed by atoms with Crippen molar-refractivity contribution in [2.45, 2.75) is 200 Å². The van der Waals surface area contributed by atoms with Gasteiger partial charge in [0.1, 0.15) is 0 Å². The highest BCUT2D eigenvalue weighted by Crippen LogP contribution is 2.18. The molecule has 0 amide bonds. The van der Waals surface area contributed by atoms with E-state index in [0.717, 1.165) is 6.04 Å². The van der Waals surface area contributed by atoms with Crippen LogP contribution in [0.15, 0.2) is 12.2 Å². The van der Waals surface area contributed by atoms with Crippen LogP contribution in [0, 0.1) is 0 Å². The Balaban J connectivity index is 3.34. The van der Waals surface area contributed by atoms with Gasteiger partial charge in [-0.1, -0.05) is 167 Å². The Morgan fingerprint density at radius 1 is 0.389 bits per heavy atom. The minimum Gasteiger partial charge on any atom is -0.306 e. The van der Waals surface area contributed by atoms with Crippen LogP contribution in [0.1, 0.15) is 194 Å². The first kappa shape index (κ1) is 35.7.